The molecule has 0 aromatic rings. The van der Waals surface area contributed by atoms with Gasteiger partial charge in [-0.3, -0.25) is 9.59 Å². The Bertz CT molecular complexity index is 425. The van der Waals surface area contributed by atoms with Crippen LogP contribution in [-0.4, -0.2) is 23.1 Å². The summed E-state index contributed by atoms with van der Waals surface area (Å²) in [6.07, 6.45) is 11.6. The first-order chi connectivity index (χ1) is 10.1. The number of hydrogen-bond acceptors (Lipinski definition) is 4. The largest absolute Gasteiger partial charge is 0.458 e. The first kappa shape index (κ1) is 13.6. The fraction of sp³-hybridized carbons (Fsp3) is 0.882. The van der Waals surface area contributed by atoms with E-state index in [-0.39, 0.29) is 23.1 Å². The molecule has 0 aromatic heterocycles. The van der Waals surface area contributed by atoms with Crippen molar-refractivity contribution in [2.24, 2.45) is 5.41 Å². The Balaban J connectivity index is 1.62. The average Bonchev–Trinajstić information content (AvgIpc) is 2.87. The lowest BCUT2D eigenvalue weighted by atomic mass is 9.69. The molecule has 2 saturated carbocycles. The minimum absolute atomic E-state index is 0.295. The number of esters is 2. The van der Waals surface area contributed by atoms with Crippen LogP contribution in [0, 0.1) is 5.41 Å². The third-order valence-electron chi connectivity index (χ3n) is 6.18. The highest BCUT2D eigenvalue weighted by Crippen LogP contribution is 2.57. The van der Waals surface area contributed by atoms with Gasteiger partial charge in [0.05, 0.1) is 0 Å². The summed E-state index contributed by atoms with van der Waals surface area (Å²) in [6.45, 7) is 0. The van der Waals surface area contributed by atoms with E-state index in [0.717, 1.165) is 51.4 Å². The molecule has 3 spiro atoms. The third-order valence-corrected chi connectivity index (χ3v) is 6.18. The van der Waals surface area contributed by atoms with Gasteiger partial charge in [-0.2, -0.15) is 0 Å². The van der Waals surface area contributed by atoms with Gasteiger partial charge < -0.3 is 9.47 Å². The lowest BCUT2D eigenvalue weighted by Gasteiger charge is -2.32. The fourth-order valence-electron chi connectivity index (χ4n) is 5.15. The standard InChI is InChI=1S/C17H24O4/c18-13-17(11-15(20-13)7-3-1-4-8-15)12-16(21-14(17)19)9-5-2-6-10-16/h1-12H2. The van der Waals surface area contributed by atoms with Crippen LogP contribution in [0.2, 0.25) is 0 Å². The van der Waals surface area contributed by atoms with Crippen molar-refractivity contribution in [3.05, 3.63) is 0 Å². The van der Waals surface area contributed by atoms with Crippen molar-refractivity contribution in [3.63, 3.8) is 0 Å². The van der Waals surface area contributed by atoms with Crippen LogP contribution in [0.5, 0.6) is 0 Å². The van der Waals surface area contributed by atoms with E-state index in [4.69, 9.17) is 9.47 Å². The molecule has 0 amide bonds. The Morgan fingerprint density at radius 1 is 0.619 bits per heavy atom. The summed E-state index contributed by atoms with van der Waals surface area (Å²) in [5.74, 6) is -0.589. The smallest absolute Gasteiger partial charge is 0.324 e. The molecule has 0 atom stereocenters. The molecule has 116 valence electrons. The number of rotatable bonds is 0. The molecule has 4 fully saturated rings. The van der Waals surface area contributed by atoms with Crippen LogP contribution in [0.4, 0.5) is 0 Å². The van der Waals surface area contributed by atoms with E-state index >= 15 is 0 Å². The second kappa shape index (κ2) is 4.47. The summed E-state index contributed by atoms with van der Waals surface area (Å²) < 4.78 is 11.6. The van der Waals surface area contributed by atoms with Gasteiger partial charge in [-0.15, -0.1) is 0 Å². The zero-order chi connectivity index (χ0) is 14.6. The summed E-state index contributed by atoms with van der Waals surface area (Å²) in [7, 11) is 0. The summed E-state index contributed by atoms with van der Waals surface area (Å²) in [4.78, 5) is 25.2. The monoisotopic (exact) mass is 292 g/mol. The van der Waals surface area contributed by atoms with Gasteiger partial charge in [-0.05, 0) is 51.4 Å². The molecular formula is C17H24O4. The fourth-order valence-corrected chi connectivity index (χ4v) is 5.15. The number of hydrogen-bond donors (Lipinski definition) is 0. The van der Waals surface area contributed by atoms with Crippen molar-refractivity contribution in [2.45, 2.75) is 88.3 Å². The SMILES string of the molecule is O=C1OC2(CCCCC2)CC12CC1(CCCCC1)OC2=O. The maximum Gasteiger partial charge on any atom is 0.324 e. The van der Waals surface area contributed by atoms with Gasteiger partial charge in [0.25, 0.3) is 0 Å². The van der Waals surface area contributed by atoms with Crippen LogP contribution in [0.15, 0.2) is 0 Å². The zero-order valence-electron chi connectivity index (χ0n) is 12.6. The summed E-state index contributed by atoms with van der Waals surface area (Å²) in [5.41, 5.74) is -1.71. The van der Waals surface area contributed by atoms with Gasteiger partial charge >= 0.3 is 11.9 Å². The molecule has 2 saturated heterocycles. The van der Waals surface area contributed by atoms with E-state index in [1.807, 2.05) is 0 Å². The van der Waals surface area contributed by atoms with Crippen LogP contribution in [0.1, 0.15) is 77.0 Å². The minimum atomic E-state index is -0.978. The highest BCUT2D eigenvalue weighted by Gasteiger charge is 2.68. The number of carbonyl (C=O) groups excluding carboxylic acids is 2. The molecule has 21 heavy (non-hydrogen) atoms. The second-order valence-electron chi connectivity index (χ2n) is 7.70. The lowest BCUT2D eigenvalue weighted by molar-refractivity contribution is -0.163. The Morgan fingerprint density at radius 2 is 1.00 bits per heavy atom. The molecule has 0 aromatic carbocycles. The normalized spacial score (nSPS) is 32.6. The highest BCUT2D eigenvalue weighted by molar-refractivity contribution is 6.03. The van der Waals surface area contributed by atoms with Crippen molar-refractivity contribution >= 4 is 11.9 Å². The summed E-state index contributed by atoms with van der Waals surface area (Å²) >= 11 is 0. The minimum Gasteiger partial charge on any atom is -0.458 e. The quantitative estimate of drug-likeness (QED) is 0.508. The molecule has 4 rings (SSSR count). The van der Waals surface area contributed by atoms with E-state index in [1.54, 1.807) is 0 Å². The van der Waals surface area contributed by atoms with Crippen molar-refractivity contribution in [1.82, 2.24) is 0 Å². The van der Waals surface area contributed by atoms with Crippen LogP contribution in [0.25, 0.3) is 0 Å². The molecular weight excluding hydrogens is 268 g/mol. The summed E-state index contributed by atoms with van der Waals surface area (Å²) in [6, 6.07) is 0. The topological polar surface area (TPSA) is 52.6 Å². The predicted molar refractivity (Wildman–Crippen MR) is 75.5 cm³/mol. The molecule has 4 heteroatoms. The Morgan fingerprint density at radius 3 is 1.38 bits per heavy atom. The van der Waals surface area contributed by atoms with E-state index in [2.05, 4.69) is 0 Å². The molecule has 2 aliphatic heterocycles. The maximum absolute atomic E-state index is 12.6. The molecule has 0 bridgehead atoms. The predicted octanol–water partition coefficient (Wildman–Crippen LogP) is 3.27. The maximum atomic E-state index is 12.6. The third kappa shape index (κ3) is 1.94. The van der Waals surface area contributed by atoms with Gasteiger partial charge in [0, 0.05) is 12.8 Å². The van der Waals surface area contributed by atoms with Crippen molar-refractivity contribution in [3.8, 4) is 0 Å². The molecule has 2 heterocycles. The van der Waals surface area contributed by atoms with Crippen LogP contribution < -0.4 is 0 Å². The van der Waals surface area contributed by atoms with Gasteiger partial charge in [0.15, 0.2) is 5.41 Å². The average molecular weight is 292 g/mol. The Labute approximate surface area is 125 Å². The zero-order valence-corrected chi connectivity index (χ0v) is 12.6. The Kier molecular flexibility index (Phi) is 2.89. The highest BCUT2D eigenvalue weighted by atomic mass is 16.6. The molecule has 4 aliphatic rings. The van der Waals surface area contributed by atoms with Crippen molar-refractivity contribution < 1.29 is 19.1 Å². The van der Waals surface area contributed by atoms with Gasteiger partial charge in [0.2, 0.25) is 0 Å². The van der Waals surface area contributed by atoms with Crippen LogP contribution in [0.3, 0.4) is 0 Å². The van der Waals surface area contributed by atoms with Crippen molar-refractivity contribution in [1.29, 1.82) is 0 Å². The Hall–Kier alpha value is -1.06. The first-order valence-corrected chi connectivity index (χ1v) is 8.55. The number of carbonyl (C=O) groups is 2. The second-order valence-corrected chi connectivity index (χ2v) is 7.70. The van der Waals surface area contributed by atoms with E-state index < -0.39 is 5.41 Å². The van der Waals surface area contributed by atoms with Gasteiger partial charge in [-0.25, -0.2) is 0 Å². The lowest BCUT2D eigenvalue weighted by Crippen LogP contribution is -2.35. The van der Waals surface area contributed by atoms with E-state index in [9.17, 15) is 9.59 Å². The van der Waals surface area contributed by atoms with Gasteiger partial charge in [0.1, 0.15) is 11.2 Å². The molecule has 0 N–H and O–H groups in total. The van der Waals surface area contributed by atoms with Crippen LogP contribution >= 0.6 is 0 Å². The molecule has 2 aliphatic carbocycles. The summed E-state index contributed by atoms with van der Waals surface area (Å²) in [5, 5.41) is 0. The van der Waals surface area contributed by atoms with Crippen molar-refractivity contribution in [2.75, 3.05) is 0 Å². The van der Waals surface area contributed by atoms with E-state index in [0.29, 0.717) is 12.8 Å². The molecule has 0 unspecified atom stereocenters. The molecule has 0 radical (unpaired) electrons. The van der Waals surface area contributed by atoms with E-state index in [1.165, 1.54) is 12.8 Å². The first-order valence-electron chi connectivity index (χ1n) is 8.55. The number of ether oxygens (including phenoxy) is 2. The van der Waals surface area contributed by atoms with Gasteiger partial charge in [-0.1, -0.05) is 12.8 Å². The van der Waals surface area contributed by atoms with Crippen LogP contribution in [-0.2, 0) is 19.1 Å². The molecule has 4 nitrogen and oxygen atoms in total.